The van der Waals surface area contributed by atoms with Gasteiger partial charge in [-0.2, -0.15) is 0 Å². The molecule has 0 aliphatic carbocycles. The van der Waals surface area contributed by atoms with Crippen molar-refractivity contribution in [1.82, 2.24) is 0 Å². The summed E-state index contributed by atoms with van der Waals surface area (Å²) in [5.74, 6) is -1.19. The molecule has 1 atom stereocenters. The minimum atomic E-state index is -1.23. The molecule has 0 spiro atoms. The summed E-state index contributed by atoms with van der Waals surface area (Å²) < 4.78 is 0. The van der Waals surface area contributed by atoms with Crippen molar-refractivity contribution in [2.24, 2.45) is 0 Å². The Kier molecular flexibility index (Phi) is 5.36. The minimum absolute atomic E-state index is 0. The van der Waals surface area contributed by atoms with E-state index in [9.17, 15) is 4.79 Å². The van der Waals surface area contributed by atoms with Crippen molar-refractivity contribution in [3.63, 3.8) is 0 Å². The molecule has 0 amide bonds. The van der Waals surface area contributed by atoms with E-state index in [1.807, 2.05) is 0 Å². The fourth-order valence-electron chi connectivity index (χ4n) is 0. The fourth-order valence-corrected chi connectivity index (χ4v) is 0. The summed E-state index contributed by atoms with van der Waals surface area (Å²) in [6.07, 6.45) is -1.23. The molecule has 0 aliphatic heterocycles. The van der Waals surface area contributed by atoms with Gasteiger partial charge in [-0.05, 0) is 6.92 Å². The number of hydrogen-bond acceptors (Lipinski definition) is 2. The molecule has 0 aromatic heterocycles. The number of rotatable bonds is 1. The Morgan fingerprint density at radius 3 is 1.86 bits per heavy atom. The van der Waals surface area contributed by atoms with E-state index in [0.717, 1.165) is 0 Å². The number of hydrogen-bond donors (Lipinski definition) is 2. The van der Waals surface area contributed by atoms with Crippen molar-refractivity contribution in [3.05, 3.63) is 0 Å². The van der Waals surface area contributed by atoms with Gasteiger partial charge < -0.3 is 10.2 Å². The van der Waals surface area contributed by atoms with Gasteiger partial charge in [-0.25, -0.2) is 4.79 Å². The molecule has 0 aromatic rings. The molecule has 0 heterocycles. The van der Waals surface area contributed by atoms with Crippen LogP contribution in [-0.2, 0) is 4.79 Å². The van der Waals surface area contributed by atoms with Crippen LogP contribution < -0.4 is 0 Å². The summed E-state index contributed by atoms with van der Waals surface area (Å²) in [5.41, 5.74) is 0. The Bertz CT molecular complexity index is 61.2. The molecule has 4 heteroatoms. The number of aliphatic carboxylic acids is 1. The molecular formula is C3H6O3Si. The third-order valence-electron chi connectivity index (χ3n) is 0.357. The van der Waals surface area contributed by atoms with Crippen molar-refractivity contribution in [1.29, 1.82) is 0 Å². The van der Waals surface area contributed by atoms with Crippen molar-refractivity contribution >= 4 is 16.9 Å². The fraction of sp³-hybridized carbons (Fsp3) is 0.667. The molecular weight excluding hydrogens is 112 g/mol. The second-order valence-electron chi connectivity index (χ2n) is 1.01. The molecule has 0 fully saturated rings. The summed E-state index contributed by atoms with van der Waals surface area (Å²) in [4.78, 5) is 9.45. The topological polar surface area (TPSA) is 57.5 Å². The molecule has 40 valence electrons. The Morgan fingerprint density at radius 2 is 1.86 bits per heavy atom. The van der Waals surface area contributed by atoms with Crippen molar-refractivity contribution in [3.8, 4) is 0 Å². The first-order valence-electron chi connectivity index (χ1n) is 1.55. The first-order chi connectivity index (χ1) is 2.64. The molecule has 0 aromatic carbocycles. The number of carboxylic acid groups (broad SMARTS) is 1. The monoisotopic (exact) mass is 118 g/mol. The molecule has 1 unspecified atom stereocenters. The van der Waals surface area contributed by atoms with E-state index < -0.39 is 12.1 Å². The lowest BCUT2D eigenvalue weighted by Gasteiger charge is -1.89. The van der Waals surface area contributed by atoms with Crippen LogP contribution in [0, 0.1) is 0 Å². The number of aliphatic hydroxyl groups excluding tert-OH is 1. The van der Waals surface area contributed by atoms with E-state index in [2.05, 4.69) is 0 Å². The standard InChI is InChI=1S/C3H6O3.Si/c1-2(4)3(5)6;/h2,4H,1H3,(H,5,6);. The van der Waals surface area contributed by atoms with Crippen LogP contribution in [-0.4, -0.2) is 33.3 Å². The Morgan fingerprint density at radius 1 is 1.71 bits per heavy atom. The maximum Gasteiger partial charge on any atom is 0.332 e. The Hall–Kier alpha value is -0.353. The van der Waals surface area contributed by atoms with Gasteiger partial charge >= 0.3 is 5.97 Å². The third-order valence-corrected chi connectivity index (χ3v) is 0.357. The highest BCUT2D eigenvalue weighted by Gasteiger charge is 2.01. The lowest BCUT2D eigenvalue weighted by molar-refractivity contribution is -0.145. The average Bonchev–Trinajstić information content (AvgIpc) is 1.36. The van der Waals surface area contributed by atoms with E-state index in [4.69, 9.17) is 10.2 Å². The second kappa shape index (κ2) is 3.82. The van der Waals surface area contributed by atoms with Gasteiger partial charge in [0.1, 0.15) is 6.10 Å². The Balaban J connectivity index is 0. The first-order valence-corrected chi connectivity index (χ1v) is 1.55. The summed E-state index contributed by atoms with van der Waals surface area (Å²) in [6.45, 7) is 1.20. The number of aliphatic hydroxyl groups is 1. The van der Waals surface area contributed by atoms with Crippen LogP contribution in [0.25, 0.3) is 0 Å². The lowest BCUT2D eigenvalue weighted by Crippen LogP contribution is -2.13. The van der Waals surface area contributed by atoms with E-state index in [1.165, 1.54) is 6.92 Å². The highest BCUT2D eigenvalue weighted by molar-refractivity contribution is 5.75. The molecule has 0 rings (SSSR count). The first kappa shape index (κ1) is 9.82. The third kappa shape index (κ3) is 5.65. The van der Waals surface area contributed by atoms with Gasteiger partial charge in [-0.1, -0.05) is 0 Å². The van der Waals surface area contributed by atoms with Crippen LogP contribution in [0.4, 0.5) is 0 Å². The summed E-state index contributed by atoms with van der Waals surface area (Å²) in [6, 6.07) is 0. The van der Waals surface area contributed by atoms with Crippen LogP contribution in [0.15, 0.2) is 0 Å². The zero-order valence-corrected chi connectivity index (χ0v) is 4.88. The number of carbonyl (C=O) groups is 1. The van der Waals surface area contributed by atoms with Gasteiger partial charge in [0.05, 0.1) is 0 Å². The van der Waals surface area contributed by atoms with Crippen molar-refractivity contribution in [2.45, 2.75) is 13.0 Å². The van der Waals surface area contributed by atoms with Crippen LogP contribution >= 0.6 is 0 Å². The van der Waals surface area contributed by atoms with E-state index >= 15 is 0 Å². The van der Waals surface area contributed by atoms with Gasteiger partial charge in [0.2, 0.25) is 0 Å². The molecule has 3 nitrogen and oxygen atoms in total. The molecule has 0 aliphatic rings. The van der Waals surface area contributed by atoms with Crippen LogP contribution in [0.5, 0.6) is 0 Å². The predicted molar refractivity (Wildman–Crippen MR) is 25.1 cm³/mol. The van der Waals surface area contributed by atoms with Crippen LogP contribution in [0.3, 0.4) is 0 Å². The zero-order valence-electron chi connectivity index (χ0n) is 3.88. The van der Waals surface area contributed by atoms with E-state index in [-0.39, 0.29) is 11.0 Å². The highest BCUT2D eigenvalue weighted by Crippen LogP contribution is 1.73. The summed E-state index contributed by atoms with van der Waals surface area (Å²) in [5, 5.41) is 15.8. The quantitative estimate of drug-likeness (QED) is 0.437. The van der Waals surface area contributed by atoms with Crippen LogP contribution in [0.2, 0.25) is 0 Å². The van der Waals surface area contributed by atoms with Gasteiger partial charge in [0.15, 0.2) is 0 Å². The summed E-state index contributed by atoms with van der Waals surface area (Å²) >= 11 is 0. The van der Waals surface area contributed by atoms with E-state index in [0.29, 0.717) is 0 Å². The average molecular weight is 118 g/mol. The highest BCUT2D eigenvalue weighted by atomic mass is 28.1. The smallest absolute Gasteiger partial charge is 0.332 e. The van der Waals surface area contributed by atoms with Crippen molar-refractivity contribution in [2.75, 3.05) is 0 Å². The van der Waals surface area contributed by atoms with Crippen molar-refractivity contribution < 1.29 is 15.0 Å². The SMILES string of the molecule is CC(O)C(=O)O.[Si]. The molecule has 0 saturated heterocycles. The normalized spacial score (nSPS) is 11.7. The molecule has 0 bridgehead atoms. The lowest BCUT2D eigenvalue weighted by atomic mass is 10.4. The second-order valence-corrected chi connectivity index (χ2v) is 1.01. The predicted octanol–water partition coefficient (Wildman–Crippen LogP) is -0.929. The summed E-state index contributed by atoms with van der Waals surface area (Å²) in [7, 11) is 0. The number of carboxylic acids is 1. The van der Waals surface area contributed by atoms with Gasteiger partial charge in [0, 0.05) is 11.0 Å². The molecule has 4 radical (unpaired) electrons. The van der Waals surface area contributed by atoms with Crippen LogP contribution in [0.1, 0.15) is 6.92 Å². The molecule has 2 N–H and O–H groups in total. The molecule has 0 saturated carbocycles. The van der Waals surface area contributed by atoms with Gasteiger partial charge in [-0.15, -0.1) is 0 Å². The largest absolute Gasteiger partial charge is 0.479 e. The molecule has 7 heavy (non-hydrogen) atoms. The Labute approximate surface area is 46.0 Å². The van der Waals surface area contributed by atoms with Gasteiger partial charge in [0.25, 0.3) is 0 Å². The maximum absolute atomic E-state index is 9.45. The van der Waals surface area contributed by atoms with Gasteiger partial charge in [-0.3, -0.25) is 0 Å². The van der Waals surface area contributed by atoms with E-state index in [1.54, 1.807) is 0 Å². The zero-order chi connectivity index (χ0) is 5.15. The minimum Gasteiger partial charge on any atom is -0.479 e. The maximum atomic E-state index is 9.45.